The molecule has 3 heterocycles. The van der Waals surface area contributed by atoms with Gasteiger partial charge < -0.3 is 4.90 Å². The van der Waals surface area contributed by atoms with Gasteiger partial charge in [0.15, 0.2) is 0 Å². The van der Waals surface area contributed by atoms with Gasteiger partial charge in [0.25, 0.3) is 11.2 Å². The smallest absolute Gasteiger partial charge is 0.276 e. The first-order chi connectivity index (χ1) is 14.0. The lowest BCUT2D eigenvalue weighted by Crippen LogP contribution is -2.39. The van der Waals surface area contributed by atoms with E-state index in [1.165, 1.54) is 12.1 Å². The largest absolute Gasteiger partial charge is 0.306 e. The number of piperidine rings is 1. The van der Waals surface area contributed by atoms with Crippen LogP contribution in [0.15, 0.2) is 47.4 Å². The average Bonchev–Trinajstić information content (AvgIpc) is 2.74. The number of hydrogen-bond donors (Lipinski definition) is 0. The van der Waals surface area contributed by atoms with Gasteiger partial charge in [-0.3, -0.25) is 19.9 Å². The molecule has 1 aromatic carbocycles. The second kappa shape index (κ2) is 7.71. The Morgan fingerprint density at radius 2 is 2.10 bits per heavy atom. The maximum atomic E-state index is 13.2. The van der Waals surface area contributed by atoms with Crippen molar-refractivity contribution in [2.75, 3.05) is 20.1 Å². The Kier molecular flexibility index (Phi) is 5.10. The molecule has 0 aliphatic carbocycles. The summed E-state index contributed by atoms with van der Waals surface area (Å²) in [5.41, 5.74) is 1.32. The molecule has 1 fully saturated rings. The summed E-state index contributed by atoms with van der Waals surface area (Å²) >= 11 is 0. The van der Waals surface area contributed by atoms with Crippen molar-refractivity contribution >= 4 is 16.6 Å². The summed E-state index contributed by atoms with van der Waals surface area (Å²) in [6, 6.07) is 9.68. The fourth-order valence-corrected chi connectivity index (χ4v) is 4.13. The van der Waals surface area contributed by atoms with Crippen molar-refractivity contribution in [3.05, 3.63) is 63.1 Å². The number of hydrogen-bond acceptors (Lipinski definition) is 6. The van der Waals surface area contributed by atoms with Gasteiger partial charge in [-0.05, 0) is 51.4 Å². The summed E-state index contributed by atoms with van der Waals surface area (Å²) < 4.78 is 1.54. The summed E-state index contributed by atoms with van der Waals surface area (Å²) in [4.78, 5) is 30.6. The summed E-state index contributed by atoms with van der Waals surface area (Å²) in [6.45, 7) is 4.00. The Morgan fingerprint density at radius 3 is 2.86 bits per heavy atom. The van der Waals surface area contributed by atoms with Crippen LogP contribution < -0.4 is 5.56 Å². The SMILES string of the molecule is CC(C1CCCN(C)C1)n1nc(-c2cccc([N+](=O)[O-])c2)c2ncccc2c1=O. The van der Waals surface area contributed by atoms with Crippen LogP contribution in [-0.2, 0) is 0 Å². The van der Waals surface area contributed by atoms with Crippen LogP contribution in [0.2, 0.25) is 0 Å². The Morgan fingerprint density at radius 1 is 1.28 bits per heavy atom. The van der Waals surface area contributed by atoms with Crippen LogP contribution in [0.3, 0.4) is 0 Å². The van der Waals surface area contributed by atoms with E-state index in [4.69, 9.17) is 0 Å². The van der Waals surface area contributed by atoms with Crippen molar-refractivity contribution in [3.8, 4) is 11.3 Å². The molecule has 8 nitrogen and oxygen atoms in total. The van der Waals surface area contributed by atoms with E-state index in [1.807, 2.05) is 6.92 Å². The molecule has 3 aromatic rings. The first-order valence-corrected chi connectivity index (χ1v) is 9.76. The van der Waals surface area contributed by atoms with Crippen molar-refractivity contribution in [2.24, 2.45) is 5.92 Å². The molecule has 2 aromatic heterocycles. The highest BCUT2D eigenvalue weighted by Crippen LogP contribution is 2.29. The fraction of sp³-hybridized carbons (Fsp3) is 0.381. The molecular formula is C21H23N5O3. The second-order valence-electron chi connectivity index (χ2n) is 7.71. The minimum atomic E-state index is -0.435. The van der Waals surface area contributed by atoms with Crippen LogP contribution in [-0.4, -0.2) is 44.7 Å². The van der Waals surface area contributed by atoms with E-state index < -0.39 is 4.92 Å². The van der Waals surface area contributed by atoms with Gasteiger partial charge in [-0.1, -0.05) is 12.1 Å². The Balaban J connectivity index is 1.89. The molecule has 0 bridgehead atoms. The molecule has 1 aliphatic heterocycles. The van der Waals surface area contributed by atoms with Gasteiger partial charge in [-0.2, -0.15) is 5.10 Å². The molecule has 4 rings (SSSR count). The van der Waals surface area contributed by atoms with Gasteiger partial charge in [-0.25, -0.2) is 4.68 Å². The summed E-state index contributed by atoms with van der Waals surface area (Å²) in [7, 11) is 2.09. The zero-order valence-corrected chi connectivity index (χ0v) is 16.5. The van der Waals surface area contributed by atoms with Crippen LogP contribution in [0, 0.1) is 16.0 Å². The maximum absolute atomic E-state index is 13.2. The minimum Gasteiger partial charge on any atom is -0.306 e. The molecule has 0 amide bonds. The van der Waals surface area contributed by atoms with Crippen LogP contribution in [0.4, 0.5) is 5.69 Å². The average molecular weight is 393 g/mol. The van der Waals surface area contributed by atoms with Crippen LogP contribution >= 0.6 is 0 Å². The van der Waals surface area contributed by atoms with E-state index in [1.54, 1.807) is 35.1 Å². The number of non-ortho nitro benzene ring substituents is 1. The Hall–Kier alpha value is -3.13. The molecular weight excluding hydrogens is 370 g/mol. The molecule has 8 heteroatoms. The van der Waals surface area contributed by atoms with Crippen molar-refractivity contribution in [1.29, 1.82) is 0 Å². The van der Waals surface area contributed by atoms with Crippen molar-refractivity contribution in [1.82, 2.24) is 19.7 Å². The highest BCUT2D eigenvalue weighted by molar-refractivity contribution is 5.90. The standard InChI is InChI=1S/C21H23N5O3/c1-14(16-7-5-11-24(2)13-16)25-21(27)18-9-4-10-22-20(18)19(23-25)15-6-3-8-17(12-15)26(28)29/h3-4,6,8-10,12,14,16H,5,7,11,13H2,1-2H3. The van der Waals surface area contributed by atoms with Crippen LogP contribution in [0.5, 0.6) is 0 Å². The number of nitro groups is 1. The summed E-state index contributed by atoms with van der Waals surface area (Å²) in [6.07, 6.45) is 3.73. The Labute approximate surface area is 167 Å². The normalized spacial score (nSPS) is 18.6. The molecule has 0 saturated carbocycles. The third-order valence-electron chi connectivity index (χ3n) is 5.74. The molecule has 0 radical (unpaired) electrons. The van der Waals surface area contributed by atoms with E-state index in [0.29, 0.717) is 28.1 Å². The van der Waals surface area contributed by atoms with Gasteiger partial charge >= 0.3 is 0 Å². The summed E-state index contributed by atoms with van der Waals surface area (Å²) in [5, 5.41) is 16.4. The van der Waals surface area contributed by atoms with E-state index >= 15 is 0 Å². The van der Waals surface area contributed by atoms with Gasteiger partial charge in [-0.15, -0.1) is 0 Å². The third-order valence-corrected chi connectivity index (χ3v) is 5.74. The zero-order valence-electron chi connectivity index (χ0n) is 16.5. The van der Waals surface area contributed by atoms with E-state index in [2.05, 4.69) is 22.0 Å². The van der Waals surface area contributed by atoms with E-state index in [9.17, 15) is 14.9 Å². The van der Waals surface area contributed by atoms with Crippen LogP contribution in [0.25, 0.3) is 22.2 Å². The van der Waals surface area contributed by atoms with E-state index in [0.717, 1.165) is 25.9 Å². The molecule has 150 valence electrons. The highest BCUT2D eigenvalue weighted by atomic mass is 16.6. The number of pyridine rings is 1. The van der Waals surface area contributed by atoms with Crippen LogP contribution in [0.1, 0.15) is 25.8 Å². The molecule has 29 heavy (non-hydrogen) atoms. The van der Waals surface area contributed by atoms with Crippen molar-refractivity contribution in [2.45, 2.75) is 25.8 Å². The number of aromatic nitrogens is 3. The first kappa shape index (κ1) is 19.2. The lowest BCUT2D eigenvalue weighted by molar-refractivity contribution is -0.384. The maximum Gasteiger partial charge on any atom is 0.276 e. The lowest BCUT2D eigenvalue weighted by atomic mass is 9.92. The molecule has 2 atom stereocenters. The lowest BCUT2D eigenvalue weighted by Gasteiger charge is -2.33. The highest BCUT2D eigenvalue weighted by Gasteiger charge is 2.27. The zero-order chi connectivity index (χ0) is 20.5. The predicted octanol–water partition coefficient (Wildman–Crippen LogP) is 3.27. The molecule has 0 N–H and O–H groups in total. The number of likely N-dealkylation sites (tertiary alicyclic amines) is 1. The third kappa shape index (κ3) is 3.63. The molecule has 0 spiro atoms. The second-order valence-corrected chi connectivity index (χ2v) is 7.71. The number of nitro benzene ring substituents is 1. The predicted molar refractivity (Wildman–Crippen MR) is 111 cm³/mol. The summed E-state index contributed by atoms with van der Waals surface area (Å²) in [5.74, 6) is 0.311. The monoisotopic (exact) mass is 393 g/mol. The van der Waals surface area contributed by atoms with Gasteiger partial charge in [0.05, 0.1) is 16.4 Å². The molecule has 1 aliphatic rings. The minimum absolute atomic E-state index is 0.0203. The van der Waals surface area contributed by atoms with Gasteiger partial charge in [0.1, 0.15) is 11.2 Å². The topological polar surface area (TPSA) is 94.2 Å². The van der Waals surface area contributed by atoms with E-state index in [-0.39, 0.29) is 17.3 Å². The van der Waals surface area contributed by atoms with Crippen molar-refractivity contribution < 1.29 is 4.92 Å². The Bertz CT molecular complexity index is 1130. The number of nitrogens with zero attached hydrogens (tertiary/aromatic N) is 5. The van der Waals surface area contributed by atoms with Gasteiger partial charge in [0, 0.05) is 30.4 Å². The first-order valence-electron chi connectivity index (χ1n) is 9.76. The number of benzene rings is 1. The van der Waals surface area contributed by atoms with Crippen molar-refractivity contribution in [3.63, 3.8) is 0 Å². The molecule has 2 unspecified atom stereocenters. The number of rotatable bonds is 4. The fourth-order valence-electron chi connectivity index (χ4n) is 4.13. The quantitative estimate of drug-likeness (QED) is 0.499. The number of fused-ring (bicyclic) bond motifs is 1. The molecule has 1 saturated heterocycles. The van der Waals surface area contributed by atoms with Gasteiger partial charge in [0.2, 0.25) is 0 Å².